The van der Waals surface area contributed by atoms with Crippen LogP contribution in [0.2, 0.25) is 0 Å². The van der Waals surface area contributed by atoms with Gasteiger partial charge in [-0.3, -0.25) is 4.79 Å². The predicted octanol–water partition coefficient (Wildman–Crippen LogP) is 4.77. The van der Waals surface area contributed by atoms with Gasteiger partial charge in [-0.25, -0.2) is 0 Å². The molecule has 158 valence electrons. The molecule has 2 rings (SSSR count). The summed E-state index contributed by atoms with van der Waals surface area (Å²) < 4.78 is 17.0. The zero-order valence-electron chi connectivity index (χ0n) is 18.2. The Morgan fingerprint density at radius 1 is 1.00 bits per heavy atom. The molecule has 5 nitrogen and oxygen atoms in total. The van der Waals surface area contributed by atoms with Crippen molar-refractivity contribution in [3.63, 3.8) is 0 Å². The molecular formula is C24H33NO4. The van der Waals surface area contributed by atoms with Gasteiger partial charge >= 0.3 is 0 Å². The van der Waals surface area contributed by atoms with Gasteiger partial charge in [-0.15, -0.1) is 0 Å². The van der Waals surface area contributed by atoms with E-state index in [0.29, 0.717) is 30.6 Å². The zero-order valence-corrected chi connectivity index (χ0v) is 18.2. The van der Waals surface area contributed by atoms with Gasteiger partial charge in [0, 0.05) is 6.54 Å². The normalized spacial score (nSPS) is 11.8. The van der Waals surface area contributed by atoms with Crippen molar-refractivity contribution in [3.05, 3.63) is 53.6 Å². The van der Waals surface area contributed by atoms with E-state index in [0.717, 1.165) is 24.2 Å². The summed E-state index contributed by atoms with van der Waals surface area (Å²) in [6.45, 7) is 9.22. The van der Waals surface area contributed by atoms with Crippen LogP contribution in [0.1, 0.15) is 45.2 Å². The minimum atomic E-state index is -0.581. The van der Waals surface area contributed by atoms with E-state index in [9.17, 15) is 4.79 Å². The van der Waals surface area contributed by atoms with Gasteiger partial charge in [-0.05, 0) is 61.1 Å². The summed E-state index contributed by atoms with van der Waals surface area (Å²) in [5.74, 6) is 2.50. The van der Waals surface area contributed by atoms with Crippen LogP contribution in [0.4, 0.5) is 0 Å². The van der Waals surface area contributed by atoms with Crippen LogP contribution in [0.5, 0.6) is 17.2 Å². The molecule has 0 heterocycles. The van der Waals surface area contributed by atoms with E-state index < -0.39 is 6.10 Å². The lowest BCUT2D eigenvalue weighted by Gasteiger charge is -2.16. The van der Waals surface area contributed by atoms with Gasteiger partial charge in [0.15, 0.2) is 17.6 Å². The van der Waals surface area contributed by atoms with E-state index in [-0.39, 0.29) is 5.91 Å². The molecule has 0 saturated heterocycles. The third kappa shape index (κ3) is 7.33. The van der Waals surface area contributed by atoms with E-state index >= 15 is 0 Å². The van der Waals surface area contributed by atoms with Crippen LogP contribution in [-0.2, 0) is 17.8 Å². The fourth-order valence-corrected chi connectivity index (χ4v) is 2.74. The number of ether oxygens (including phenoxy) is 3. The van der Waals surface area contributed by atoms with Gasteiger partial charge in [0.2, 0.25) is 0 Å². The number of rotatable bonds is 11. The molecule has 0 radical (unpaired) electrons. The molecule has 1 amide bonds. The van der Waals surface area contributed by atoms with Crippen molar-refractivity contribution < 1.29 is 19.0 Å². The van der Waals surface area contributed by atoms with Crippen LogP contribution in [0.3, 0.4) is 0 Å². The average Bonchev–Trinajstić information content (AvgIpc) is 2.72. The first-order valence-electron chi connectivity index (χ1n) is 10.3. The van der Waals surface area contributed by atoms with Crippen molar-refractivity contribution in [1.82, 2.24) is 5.32 Å². The van der Waals surface area contributed by atoms with Crippen molar-refractivity contribution in [2.45, 2.75) is 53.2 Å². The van der Waals surface area contributed by atoms with Crippen molar-refractivity contribution in [2.24, 2.45) is 5.92 Å². The number of benzene rings is 2. The Bertz CT molecular complexity index is 771. The topological polar surface area (TPSA) is 56.8 Å². The Morgan fingerprint density at radius 2 is 1.69 bits per heavy atom. The number of amides is 1. The molecular weight excluding hydrogens is 366 g/mol. The molecule has 5 heteroatoms. The van der Waals surface area contributed by atoms with Crippen LogP contribution in [0, 0.1) is 5.92 Å². The molecule has 0 aromatic heterocycles. The minimum Gasteiger partial charge on any atom is -0.493 e. The van der Waals surface area contributed by atoms with Crippen molar-refractivity contribution in [3.8, 4) is 17.2 Å². The van der Waals surface area contributed by atoms with Crippen LogP contribution in [0.15, 0.2) is 42.5 Å². The lowest BCUT2D eigenvalue weighted by Crippen LogP contribution is -2.35. The molecule has 0 spiro atoms. The van der Waals surface area contributed by atoms with Crippen molar-refractivity contribution in [2.75, 3.05) is 13.7 Å². The van der Waals surface area contributed by atoms with E-state index in [1.54, 1.807) is 14.0 Å². The lowest BCUT2D eigenvalue weighted by atomic mass is 10.1. The van der Waals surface area contributed by atoms with Gasteiger partial charge in [0.25, 0.3) is 5.91 Å². The number of aryl methyl sites for hydroxylation is 1. The molecule has 1 atom stereocenters. The number of carbonyl (C=O) groups is 1. The van der Waals surface area contributed by atoms with Gasteiger partial charge in [-0.2, -0.15) is 0 Å². The maximum absolute atomic E-state index is 12.4. The van der Waals surface area contributed by atoms with Crippen LogP contribution in [0.25, 0.3) is 0 Å². The first-order chi connectivity index (χ1) is 13.9. The first kappa shape index (κ1) is 22.6. The second kappa shape index (κ2) is 11.3. The third-order valence-corrected chi connectivity index (χ3v) is 4.66. The maximum Gasteiger partial charge on any atom is 0.261 e. The van der Waals surface area contributed by atoms with Crippen molar-refractivity contribution in [1.29, 1.82) is 0 Å². The predicted molar refractivity (Wildman–Crippen MR) is 116 cm³/mol. The summed E-state index contributed by atoms with van der Waals surface area (Å²) in [4.78, 5) is 12.4. The molecule has 0 fully saturated rings. The SMILES string of the molecule is CCc1ccc(OC(C)C(=O)NCc2ccc(OCCC(C)C)c(OC)c2)cc1. The second-order valence-corrected chi connectivity index (χ2v) is 7.49. The molecule has 0 bridgehead atoms. The molecule has 0 aliphatic rings. The highest BCUT2D eigenvalue weighted by Crippen LogP contribution is 2.28. The lowest BCUT2D eigenvalue weighted by molar-refractivity contribution is -0.127. The molecule has 0 saturated carbocycles. The highest BCUT2D eigenvalue weighted by molar-refractivity contribution is 5.80. The number of hydrogen-bond donors (Lipinski definition) is 1. The summed E-state index contributed by atoms with van der Waals surface area (Å²) in [6.07, 6.45) is 1.38. The smallest absolute Gasteiger partial charge is 0.261 e. The Kier molecular flexibility index (Phi) is 8.84. The average molecular weight is 400 g/mol. The summed E-state index contributed by atoms with van der Waals surface area (Å²) in [5.41, 5.74) is 2.17. The summed E-state index contributed by atoms with van der Waals surface area (Å²) >= 11 is 0. The largest absolute Gasteiger partial charge is 0.493 e. The number of methoxy groups -OCH3 is 1. The third-order valence-electron chi connectivity index (χ3n) is 4.66. The number of carbonyl (C=O) groups excluding carboxylic acids is 1. The summed E-state index contributed by atoms with van der Waals surface area (Å²) in [6, 6.07) is 13.5. The maximum atomic E-state index is 12.4. The molecule has 0 aliphatic heterocycles. The quantitative estimate of drug-likeness (QED) is 0.591. The highest BCUT2D eigenvalue weighted by Gasteiger charge is 2.15. The van der Waals surface area contributed by atoms with Gasteiger partial charge in [-0.1, -0.05) is 39.0 Å². The monoisotopic (exact) mass is 399 g/mol. The van der Waals surface area contributed by atoms with Crippen molar-refractivity contribution >= 4 is 5.91 Å². The van der Waals surface area contributed by atoms with E-state index in [4.69, 9.17) is 14.2 Å². The zero-order chi connectivity index (χ0) is 21.2. The van der Waals surface area contributed by atoms with Crippen LogP contribution >= 0.6 is 0 Å². The Hall–Kier alpha value is -2.69. The Morgan fingerprint density at radius 3 is 2.31 bits per heavy atom. The van der Waals surface area contributed by atoms with E-state index in [1.165, 1.54) is 5.56 Å². The van der Waals surface area contributed by atoms with E-state index in [2.05, 4.69) is 26.1 Å². The molecule has 2 aromatic carbocycles. The fraction of sp³-hybridized carbons (Fsp3) is 0.458. The molecule has 1 unspecified atom stereocenters. The van der Waals surface area contributed by atoms with Crippen LogP contribution in [-0.4, -0.2) is 25.7 Å². The standard InChI is InChI=1S/C24H33NO4/c1-6-19-7-10-21(11-8-19)29-18(4)24(26)25-16-20-9-12-22(23(15-20)27-5)28-14-13-17(2)3/h7-12,15,17-18H,6,13-14,16H2,1-5H3,(H,25,26). The number of hydrogen-bond acceptors (Lipinski definition) is 4. The summed E-state index contributed by atoms with van der Waals surface area (Å²) in [5, 5.41) is 2.91. The van der Waals surface area contributed by atoms with Gasteiger partial charge in [0.1, 0.15) is 5.75 Å². The molecule has 29 heavy (non-hydrogen) atoms. The van der Waals surface area contributed by atoms with Gasteiger partial charge < -0.3 is 19.5 Å². The minimum absolute atomic E-state index is 0.166. The Balaban J connectivity index is 1.87. The first-order valence-corrected chi connectivity index (χ1v) is 10.3. The Labute approximate surface area is 174 Å². The van der Waals surface area contributed by atoms with Crippen LogP contribution < -0.4 is 19.5 Å². The fourth-order valence-electron chi connectivity index (χ4n) is 2.74. The number of nitrogens with one attached hydrogen (secondary N) is 1. The summed E-state index contributed by atoms with van der Waals surface area (Å²) in [7, 11) is 1.62. The molecule has 0 aliphatic carbocycles. The van der Waals surface area contributed by atoms with E-state index in [1.807, 2.05) is 42.5 Å². The molecule has 1 N–H and O–H groups in total. The molecule has 2 aromatic rings. The van der Waals surface area contributed by atoms with Gasteiger partial charge in [0.05, 0.1) is 13.7 Å². The highest BCUT2D eigenvalue weighted by atomic mass is 16.5. The second-order valence-electron chi connectivity index (χ2n) is 7.49.